The molecular weight excluding hydrogens is 719 g/mol. The molecule has 2 aliphatic carbocycles. The third-order valence-corrected chi connectivity index (χ3v) is 12.8. The molecule has 52 heavy (non-hydrogen) atoms. The number of nitrogens with one attached hydrogen (secondary N) is 1. The van der Waals surface area contributed by atoms with Crippen LogP contribution < -0.4 is 15.5 Å². The molecule has 10 nitrogen and oxygen atoms in total. The van der Waals surface area contributed by atoms with Crippen LogP contribution in [-0.2, 0) is 48.7 Å². The Morgan fingerprint density at radius 3 is 2.46 bits per heavy atom. The van der Waals surface area contributed by atoms with Crippen molar-refractivity contribution in [3.05, 3.63) is 124 Å². The van der Waals surface area contributed by atoms with Gasteiger partial charge in [-0.25, -0.2) is 21.6 Å². The predicted octanol–water partition coefficient (Wildman–Crippen LogP) is 6.06. The molecule has 1 aromatic heterocycles. The highest BCUT2D eigenvalue weighted by Gasteiger charge is 2.25. The standard InChI is InChI=1S/C32H30N2O4S2.C7H9NO3S/c1-40(37,38)33-18-17-32(35)34(36)25-7-4-6-23(20-25)30-15-16-31(39-30)24-11-12-27-22(19-24)10-14-28-26-8-3-2-5-21(26)9-13-29(27)28;8-7(9)5-6-3-1-2-4-12(6,10)11/h2-8,10,14-16,19-20,33,36H,9,11-13,17-18H2,1H3;1-4,6H,5H2,(H2,8,9). The van der Waals surface area contributed by atoms with E-state index in [9.17, 15) is 31.6 Å². The molecule has 0 saturated carbocycles. The summed E-state index contributed by atoms with van der Waals surface area (Å²) in [6, 6.07) is 24.7. The van der Waals surface area contributed by atoms with Crippen molar-refractivity contribution in [2.75, 3.05) is 17.9 Å². The smallest absolute Gasteiger partial charge is 0.251 e. The Balaban J connectivity index is 0.000000330. The number of anilines is 1. The van der Waals surface area contributed by atoms with Gasteiger partial charge in [0.15, 0.2) is 9.84 Å². The van der Waals surface area contributed by atoms with Gasteiger partial charge in [0.1, 0.15) is 0 Å². The van der Waals surface area contributed by atoms with E-state index < -0.39 is 36.9 Å². The minimum atomic E-state index is -3.40. The van der Waals surface area contributed by atoms with Gasteiger partial charge in [0.2, 0.25) is 15.9 Å². The van der Waals surface area contributed by atoms with Crippen LogP contribution in [0.3, 0.4) is 0 Å². The predicted molar refractivity (Wildman–Crippen MR) is 207 cm³/mol. The molecule has 0 radical (unpaired) electrons. The first kappa shape index (κ1) is 37.1. The van der Waals surface area contributed by atoms with Crippen LogP contribution in [0.5, 0.6) is 0 Å². The summed E-state index contributed by atoms with van der Waals surface area (Å²) in [5, 5.41) is 11.3. The number of hydroxylamine groups is 1. The number of primary amides is 1. The van der Waals surface area contributed by atoms with Crippen molar-refractivity contribution >= 4 is 60.3 Å². The number of sulfone groups is 1. The van der Waals surface area contributed by atoms with E-state index in [1.165, 1.54) is 56.0 Å². The van der Waals surface area contributed by atoms with Crippen molar-refractivity contribution in [3.63, 3.8) is 0 Å². The Bertz CT molecular complexity index is 2340. The number of aryl methyl sites for hydroxylation is 1. The minimum absolute atomic E-state index is 0.0724. The highest BCUT2D eigenvalue weighted by Crippen LogP contribution is 2.42. The van der Waals surface area contributed by atoms with Gasteiger partial charge in [0, 0.05) is 34.5 Å². The number of hydrogen-bond donors (Lipinski definition) is 3. The first-order chi connectivity index (χ1) is 24.8. The van der Waals surface area contributed by atoms with E-state index >= 15 is 0 Å². The number of rotatable bonds is 9. The Kier molecular flexibility index (Phi) is 11.1. The fourth-order valence-corrected chi connectivity index (χ4v) is 9.38. The van der Waals surface area contributed by atoms with Crippen LogP contribution in [-0.4, -0.2) is 51.9 Å². The highest BCUT2D eigenvalue weighted by molar-refractivity contribution is 7.95. The Morgan fingerprint density at radius 1 is 0.923 bits per heavy atom. The molecule has 7 rings (SSSR count). The van der Waals surface area contributed by atoms with Crippen molar-refractivity contribution in [2.24, 2.45) is 5.73 Å². The summed E-state index contributed by atoms with van der Waals surface area (Å²) in [5.41, 5.74) is 16.0. The number of carbonyl (C=O) groups is 2. The van der Waals surface area contributed by atoms with Crippen LogP contribution >= 0.6 is 11.3 Å². The van der Waals surface area contributed by atoms with Crippen molar-refractivity contribution in [2.45, 2.75) is 43.8 Å². The molecule has 13 heteroatoms. The second kappa shape index (κ2) is 15.5. The van der Waals surface area contributed by atoms with Gasteiger partial charge in [0.25, 0.3) is 5.91 Å². The third kappa shape index (κ3) is 8.68. The summed E-state index contributed by atoms with van der Waals surface area (Å²) in [7, 11) is -6.68. The van der Waals surface area contributed by atoms with Gasteiger partial charge in [-0.3, -0.25) is 14.8 Å². The van der Waals surface area contributed by atoms with Crippen LogP contribution in [0.1, 0.15) is 46.4 Å². The summed E-state index contributed by atoms with van der Waals surface area (Å²) in [4.78, 5) is 25.1. The molecule has 1 unspecified atom stereocenters. The number of carbonyl (C=O) groups excluding carboxylic acids is 2. The molecule has 4 N–H and O–H groups in total. The van der Waals surface area contributed by atoms with E-state index in [1.54, 1.807) is 35.6 Å². The normalized spacial score (nSPS) is 16.7. The molecule has 3 aromatic carbocycles. The molecule has 0 fully saturated rings. The van der Waals surface area contributed by atoms with Gasteiger partial charge < -0.3 is 5.73 Å². The number of allylic oxidation sites excluding steroid dienone is 3. The third-order valence-electron chi connectivity index (χ3n) is 9.16. The molecule has 3 aliphatic rings. The first-order valence-corrected chi connectivity index (χ1v) is 21.1. The number of benzene rings is 3. The fourth-order valence-electron chi connectivity index (χ4n) is 6.64. The quantitative estimate of drug-likeness (QED) is 0.138. The van der Waals surface area contributed by atoms with E-state index in [4.69, 9.17) is 5.73 Å². The molecule has 1 aliphatic heterocycles. The molecule has 4 aromatic rings. The summed E-state index contributed by atoms with van der Waals surface area (Å²) in [6.07, 6.45) is 11.8. The second-order valence-electron chi connectivity index (χ2n) is 12.8. The lowest BCUT2D eigenvalue weighted by atomic mass is 9.78. The number of nitrogens with two attached hydrogens (primary N) is 1. The number of thiophene rings is 1. The molecular formula is C39H39N3O7S3. The molecule has 2 heterocycles. The lowest BCUT2D eigenvalue weighted by Gasteiger charge is -2.26. The van der Waals surface area contributed by atoms with Crippen molar-refractivity contribution < 1.29 is 31.6 Å². The maximum Gasteiger partial charge on any atom is 0.251 e. The largest absolute Gasteiger partial charge is 0.370 e. The molecule has 2 amide bonds. The summed E-state index contributed by atoms with van der Waals surface area (Å²) in [5.74, 6) is -1.19. The van der Waals surface area contributed by atoms with Gasteiger partial charge in [-0.05, 0) is 94.5 Å². The number of amides is 2. The average Bonchev–Trinajstić information content (AvgIpc) is 3.62. The van der Waals surface area contributed by atoms with Crippen LogP contribution in [0.2, 0.25) is 0 Å². The summed E-state index contributed by atoms with van der Waals surface area (Å²) >= 11 is 1.70. The monoisotopic (exact) mass is 757 g/mol. The van der Waals surface area contributed by atoms with Crippen LogP contribution in [0.4, 0.5) is 5.69 Å². The van der Waals surface area contributed by atoms with E-state index in [1.807, 2.05) is 6.07 Å². The molecule has 0 saturated heterocycles. The maximum absolute atomic E-state index is 12.4. The van der Waals surface area contributed by atoms with Gasteiger partial charge in [-0.1, -0.05) is 72.8 Å². The number of fused-ring (bicyclic) bond motifs is 5. The molecule has 1 atom stereocenters. The second-order valence-corrected chi connectivity index (χ2v) is 17.8. The zero-order valence-electron chi connectivity index (χ0n) is 28.5. The van der Waals surface area contributed by atoms with Crippen molar-refractivity contribution in [1.29, 1.82) is 0 Å². The number of hydrogen-bond acceptors (Lipinski definition) is 8. The lowest BCUT2D eigenvalue weighted by molar-refractivity contribution is -0.123. The SMILES string of the molecule is CS(=O)(=O)NCCC(=O)N(O)c1cccc(-c2ccc(C3=Cc4ccc5c(c4CC3)CCc3ccccc3-5)s2)c1.NC(=O)CC1C=CC=CS1(=O)=O. The number of sulfonamides is 1. The van der Waals surface area contributed by atoms with E-state index in [-0.39, 0.29) is 19.4 Å². The molecule has 0 spiro atoms. The fraction of sp³-hybridized carbons (Fsp3) is 0.231. The minimum Gasteiger partial charge on any atom is -0.370 e. The van der Waals surface area contributed by atoms with Crippen molar-refractivity contribution in [3.8, 4) is 21.6 Å². The van der Waals surface area contributed by atoms with Crippen LogP contribution in [0, 0.1) is 0 Å². The van der Waals surface area contributed by atoms with Gasteiger partial charge in [-0.15, -0.1) is 11.3 Å². The zero-order valence-corrected chi connectivity index (χ0v) is 30.9. The van der Waals surface area contributed by atoms with E-state index in [0.717, 1.165) is 47.8 Å². The highest BCUT2D eigenvalue weighted by atomic mass is 32.2. The van der Waals surface area contributed by atoms with Crippen LogP contribution in [0.25, 0.3) is 33.2 Å². The average molecular weight is 758 g/mol. The van der Waals surface area contributed by atoms with Gasteiger partial charge in [0.05, 0.1) is 17.2 Å². The molecule has 0 bridgehead atoms. The lowest BCUT2D eigenvalue weighted by Crippen LogP contribution is -2.32. The zero-order chi connectivity index (χ0) is 37.0. The first-order valence-electron chi connectivity index (χ1n) is 16.8. The number of nitrogens with zero attached hydrogens (tertiary/aromatic N) is 1. The van der Waals surface area contributed by atoms with E-state index in [0.29, 0.717) is 10.8 Å². The topological polar surface area (TPSA) is 164 Å². The molecule has 270 valence electrons. The Labute approximate surface area is 307 Å². The van der Waals surface area contributed by atoms with Crippen molar-refractivity contribution in [1.82, 2.24) is 4.72 Å². The summed E-state index contributed by atoms with van der Waals surface area (Å²) in [6.45, 7) is -0.0724. The summed E-state index contributed by atoms with van der Waals surface area (Å²) < 4.78 is 47.1. The van der Waals surface area contributed by atoms with E-state index in [2.05, 4.69) is 59.3 Å². The Hall–Kier alpha value is -4.66. The van der Waals surface area contributed by atoms with Gasteiger partial charge in [-0.2, -0.15) is 5.06 Å². The van der Waals surface area contributed by atoms with Crippen LogP contribution in [0.15, 0.2) is 96.4 Å². The maximum atomic E-state index is 12.4. The van der Waals surface area contributed by atoms with Gasteiger partial charge >= 0.3 is 0 Å². The Morgan fingerprint density at radius 2 is 1.69 bits per heavy atom.